The van der Waals surface area contributed by atoms with Crippen molar-refractivity contribution in [3.8, 4) is 0 Å². The summed E-state index contributed by atoms with van der Waals surface area (Å²) in [6.07, 6.45) is 4.64. The molecule has 0 bridgehead atoms. The molecule has 0 aromatic heterocycles. The van der Waals surface area contributed by atoms with E-state index in [1.165, 1.54) is 42.6 Å². The highest BCUT2D eigenvalue weighted by Gasteiger charge is 2.10. The van der Waals surface area contributed by atoms with E-state index in [-0.39, 0.29) is 5.91 Å². The summed E-state index contributed by atoms with van der Waals surface area (Å²) in [5.74, 6) is -0.629. The Hall–Kier alpha value is -2.36. The quantitative estimate of drug-likeness (QED) is 0.907. The van der Waals surface area contributed by atoms with Crippen molar-refractivity contribution < 1.29 is 9.18 Å². The molecule has 3 rings (SSSR count). The normalized spacial score (nSPS) is 14.5. The van der Waals surface area contributed by atoms with Crippen LogP contribution in [0.15, 0.2) is 48.5 Å². The van der Waals surface area contributed by atoms with E-state index in [1.807, 2.05) is 0 Å². The Morgan fingerprint density at radius 1 is 1.04 bits per heavy atom. The van der Waals surface area contributed by atoms with Crippen LogP contribution in [0, 0.1) is 5.82 Å². The minimum atomic E-state index is -0.393. The van der Waals surface area contributed by atoms with Gasteiger partial charge in [-0.3, -0.25) is 4.79 Å². The Morgan fingerprint density at radius 2 is 1.79 bits per heavy atom. The number of rotatable bonds is 5. The van der Waals surface area contributed by atoms with E-state index in [0.29, 0.717) is 12.1 Å². The largest absolute Gasteiger partial charge is 0.372 e. The maximum atomic E-state index is 13.1. The Bertz CT molecular complexity index is 678. The van der Waals surface area contributed by atoms with Crippen molar-refractivity contribution in [3.63, 3.8) is 0 Å². The molecule has 1 fully saturated rings. The fourth-order valence-electron chi connectivity index (χ4n) is 3.08. The van der Waals surface area contributed by atoms with Crippen LogP contribution in [0.3, 0.4) is 0 Å². The number of nitrogens with one attached hydrogen (secondary N) is 1. The molecule has 0 radical (unpaired) electrons. The molecule has 0 unspecified atom stereocenters. The molecule has 4 heteroatoms. The molecule has 1 amide bonds. The van der Waals surface area contributed by atoms with E-state index in [4.69, 9.17) is 0 Å². The number of hydrogen-bond acceptors (Lipinski definition) is 2. The van der Waals surface area contributed by atoms with Crippen LogP contribution in [-0.2, 0) is 6.42 Å². The Balaban J connectivity index is 1.49. The van der Waals surface area contributed by atoms with Crippen LogP contribution < -0.4 is 10.2 Å². The molecule has 1 heterocycles. The predicted molar refractivity (Wildman–Crippen MR) is 94.9 cm³/mol. The topological polar surface area (TPSA) is 32.3 Å². The summed E-state index contributed by atoms with van der Waals surface area (Å²) in [7, 11) is 0. The average molecular weight is 326 g/mol. The van der Waals surface area contributed by atoms with Gasteiger partial charge in [0.15, 0.2) is 0 Å². The van der Waals surface area contributed by atoms with Crippen LogP contribution in [-0.4, -0.2) is 25.5 Å². The molecule has 24 heavy (non-hydrogen) atoms. The second-order valence-corrected chi connectivity index (χ2v) is 6.23. The maximum absolute atomic E-state index is 13.1. The van der Waals surface area contributed by atoms with Gasteiger partial charge in [0, 0.05) is 30.9 Å². The zero-order chi connectivity index (χ0) is 16.8. The van der Waals surface area contributed by atoms with Crippen molar-refractivity contribution in [2.24, 2.45) is 0 Å². The van der Waals surface area contributed by atoms with Gasteiger partial charge in [0.1, 0.15) is 5.82 Å². The SMILES string of the molecule is O=C(NCCc1ccc(N2CCCCC2)cc1)c1cccc(F)c1. The van der Waals surface area contributed by atoms with E-state index in [9.17, 15) is 9.18 Å². The van der Waals surface area contributed by atoms with Crippen molar-refractivity contribution in [2.75, 3.05) is 24.5 Å². The van der Waals surface area contributed by atoms with Gasteiger partial charge in [-0.05, 0) is 61.6 Å². The molecule has 2 aromatic rings. The molecule has 126 valence electrons. The van der Waals surface area contributed by atoms with Crippen molar-refractivity contribution >= 4 is 11.6 Å². The standard InChI is InChI=1S/C20H23FN2O/c21-18-6-4-5-17(15-18)20(24)22-12-11-16-7-9-19(10-8-16)23-13-2-1-3-14-23/h4-10,15H,1-3,11-14H2,(H,22,24). The fraction of sp³-hybridized carbons (Fsp3) is 0.350. The van der Waals surface area contributed by atoms with Gasteiger partial charge in [-0.2, -0.15) is 0 Å². The van der Waals surface area contributed by atoms with Gasteiger partial charge in [-0.15, -0.1) is 0 Å². The van der Waals surface area contributed by atoms with Crippen molar-refractivity contribution in [3.05, 3.63) is 65.5 Å². The molecule has 3 nitrogen and oxygen atoms in total. The van der Waals surface area contributed by atoms with Gasteiger partial charge in [-0.1, -0.05) is 18.2 Å². The highest BCUT2D eigenvalue weighted by atomic mass is 19.1. The van der Waals surface area contributed by atoms with Crippen LogP contribution >= 0.6 is 0 Å². The summed E-state index contributed by atoms with van der Waals surface area (Å²) in [5, 5.41) is 2.84. The molecule has 1 saturated heterocycles. The summed E-state index contributed by atoms with van der Waals surface area (Å²) in [5.41, 5.74) is 2.83. The van der Waals surface area contributed by atoms with Crippen LogP contribution in [0.1, 0.15) is 35.2 Å². The van der Waals surface area contributed by atoms with E-state index in [0.717, 1.165) is 19.5 Å². The molecule has 1 aliphatic rings. The smallest absolute Gasteiger partial charge is 0.251 e. The number of anilines is 1. The van der Waals surface area contributed by atoms with E-state index in [2.05, 4.69) is 34.5 Å². The lowest BCUT2D eigenvalue weighted by molar-refractivity contribution is 0.0953. The predicted octanol–water partition coefficient (Wildman–Crippen LogP) is 3.79. The van der Waals surface area contributed by atoms with Gasteiger partial charge in [0.2, 0.25) is 0 Å². The number of halogens is 1. The van der Waals surface area contributed by atoms with Crippen molar-refractivity contribution in [1.82, 2.24) is 5.32 Å². The molecular weight excluding hydrogens is 303 g/mol. The molecule has 2 aromatic carbocycles. The van der Waals surface area contributed by atoms with Gasteiger partial charge < -0.3 is 10.2 Å². The van der Waals surface area contributed by atoms with Crippen LogP contribution in [0.2, 0.25) is 0 Å². The average Bonchev–Trinajstić information content (AvgIpc) is 2.63. The summed E-state index contributed by atoms with van der Waals surface area (Å²) in [6.45, 7) is 2.82. The van der Waals surface area contributed by atoms with Gasteiger partial charge in [0.05, 0.1) is 0 Å². The number of carbonyl (C=O) groups is 1. The third kappa shape index (κ3) is 4.34. The first kappa shape index (κ1) is 16.5. The number of piperidine rings is 1. The second kappa shape index (κ2) is 7.95. The van der Waals surface area contributed by atoms with E-state index < -0.39 is 5.82 Å². The first-order valence-corrected chi connectivity index (χ1v) is 8.60. The minimum Gasteiger partial charge on any atom is -0.372 e. The lowest BCUT2D eigenvalue weighted by atomic mass is 10.1. The van der Waals surface area contributed by atoms with Gasteiger partial charge in [0.25, 0.3) is 5.91 Å². The number of benzene rings is 2. The summed E-state index contributed by atoms with van der Waals surface area (Å²) < 4.78 is 13.1. The molecular formula is C20H23FN2O. The van der Waals surface area contributed by atoms with Crippen LogP contribution in [0.25, 0.3) is 0 Å². The lowest BCUT2D eigenvalue weighted by Crippen LogP contribution is -2.29. The zero-order valence-corrected chi connectivity index (χ0v) is 13.8. The first-order chi connectivity index (χ1) is 11.7. The number of nitrogens with zero attached hydrogens (tertiary/aromatic N) is 1. The van der Waals surface area contributed by atoms with E-state index >= 15 is 0 Å². The summed E-state index contributed by atoms with van der Waals surface area (Å²) >= 11 is 0. The lowest BCUT2D eigenvalue weighted by Gasteiger charge is -2.28. The molecule has 0 spiro atoms. The van der Waals surface area contributed by atoms with Crippen LogP contribution in [0.5, 0.6) is 0 Å². The maximum Gasteiger partial charge on any atom is 0.251 e. The van der Waals surface area contributed by atoms with E-state index in [1.54, 1.807) is 12.1 Å². The number of amides is 1. The Morgan fingerprint density at radius 3 is 2.50 bits per heavy atom. The van der Waals surface area contributed by atoms with Crippen LogP contribution in [0.4, 0.5) is 10.1 Å². The molecule has 0 aliphatic carbocycles. The van der Waals surface area contributed by atoms with Crippen molar-refractivity contribution in [1.29, 1.82) is 0 Å². The third-order valence-corrected chi connectivity index (χ3v) is 4.44. The number of hydrogen-bond donors (Lipinski definition) is 1. The van der Waals surface area contributed by atoms with Crippen molar-refractivity contribution in [2.45, 2.75) is 25.7 Å². The number of carbonyl (C=O) groups excluding carboxylic acids is 1. The Labute approximate surface area is 142 Å². The minimum absolute atomic E-state index is 0.237. The fourth-order valence-corrected chi connectivity index (χ4v) is 3.08. The third-order valence-electron chi connectivity index (χ3n) is 4.44. The molecule has 1 N–H and O–H groups in total. The van der Waals surface area contributed by atoms with Gasteiger partial charge in [-0.25, -0.2) is 4.39 Å². The van der Waals surface area contributed by atoms with Gasteiger partial charge >= 0.3 is 0 Å². The molecule has 0 saturated carbocycles. The summed E-state index contributed by atoms with van der Waals surface area (Å²) in [6, 6.07) is 14.3. The summed E-state index contributed by atoms with van der Waals surface area (Å²) in [4.78, 5) is 14.4. The zero-order valence-electron chi connectivity index (χ0n) is 13.8. The monoisotopic (exact) mass is 326 g/mol. The highest BCUT2D eigenvalue weighted by molar-refractivity contribution is 5.94. The second-order valence-electron chi connectivity index (χ2n) is 6.23. The highest BCUT2D eigenvalue weighted by Crippen LogP contribution is 2.20. The first-order valence-electron chi connectivity index (χ1n) is 8.60. The molecule has 1 aliphatic heterocycles. The molecule has 0 atom stereocenters. The Kier molecular flexibility index (Phi) is 5.47.